The predicted octanol–water partition coefficient (Wildman–Crippen LogP) is 6.41. The lowest BCUT2D eigenvalue weighted by Gasteiger charge is -2.47. The van der Waals surface area contributed by atoms with Gasteiger partial charge in [0.1, 0.15) is 11.4 Å². The number of nitrogens with zero attached hydrogens (tertiary/aromatic N) is 3. The van der Waals surface area contributed by atoms with Crippen molar-refractivity contribution in [1.29, 1.82) is 0 Å². The third-order valence-corrected chi connectivity index (χ3v) is 10.7. The number of aryl methyl sites for hydroxylation is 1. The molecule has 10 nitrogen and oxygen atoms in total. The van der Waals surface area contributed by atoms with Crippen LogP contribution in [-0.4, -0.2) is 72.7 Å². The smallest absolute Gasteiger partial charge is 0.319 e. The van der Waals surface area contributed by atoms with Gasteiger partial charge in [-0.25, -0.2) is 4.98 Å². The van der Waals surface area contributed by atoms with Gasteiger partial charge in [-0.3, -0.25) is 24.8 Å². The Morgan fingerprint density at radius 2 is 1.74 bits per heavy atom. The van der Waals surface area contributed by atoms with Crippen LogP contribution in [-0.2, 0) is 27.3 Å². The number of esters is 1. The predicted molar refractivity (Wildman–Crippen MR) is 193 cm³/mol. The molecule has 1 atom stereocenters. The molecule has 0 unspecified atom stereocenters. The Morgan fingerprint density at radius 1 is 1.02 bits per heavy atom. The topological polar surface area (TPSA) is 115 Å². The van der Waals surface area contributed by atoms with Gasteiger partial charge in [-0.2, -0.15) is 0 Å². The highest BCUT2D eigenvalue weighted by molar-refractivity contribution is 6.39. The molecule has 0 radical (unpaired) electrons. The van der Waals surface area contributed by atoms with Gasteiger partial charge in [0.2, 0.25) is 11.8 Å². The standard InChI is InChI=1S/C38H39Cl2N5O5/c1-4-50-33(47)18-42-28-12-11-22-15-23(16-31(48-2)34(22)28)24-7-5-8-25(35(24)39)26-9-6-10-27(36(26)40)29-17-41-30(37(43-29)49-3)19-45-20-38(21-45)14-13-32(46)44-38/h5-10,15-17,28,42H,4,11-14,18-21H2,1-3H3,(H,44,46)/t28-/m0/s1. The molecule has 1 aliphatic carbocycles. The molecule has 3 heterocycles. The number of aromatic nitrogens is 2. The van der Waals surface area contributed by atoms with Crippen molar-refractivity contribution in [1.82, 2.24) is 25.5 Å². The fourth-order valence-electron chi connectivity index (χ4n) is 7.52. The largest absolute Gasteiger partial charge is 0.496 e. The number of likely N-dealkylation sites (tertiary alicyclic amines) is 1. The van der Waals surface area contributed by atoms with E-state index in [9.17, 15) is 9.59 Å². The van der Waals surface area contributed by atoms with Crippen molar-refractivity contribution in [2.24, 2.45) is 0 Å². The number of methoxy groups -OCH3 is 2. The van der Waals surface area contributed by atoms with E-state index in [0.29, 0.717) is 46.8 Å². The fourth-order valence-corrected chi connectivity index (χ4v) is 8.18. The van der Waals surface area contributed by atoms with Crippen LogP contribution in [0.25, 0.3) is 33.5 Å². The van der Waals surface area contributed by atoms with E-state index in [1.807, 2.05) is 42.5 Å². The maximum absolute atomic E-state index is 12.0. The van der Waals surface area contributed by atoms with E-state index in [4.69, 9.17) is 47.4 Å². The van der Waals surface area contributed by atoms with E-state index in [-0.39, 0.29) is 30.0 Å². The number of rotatable bonds is 11. The van der Waals surface area contributed by atoms with Crippen LogP contribution in [0.1, 0.15) is 49.0 Å². The quantitative estimate of drug-likeness (QED) is 0.170. The molecular formula is C38H39Cl2N5O5. The van der Waals surface area contributed by atoms with Crippen LogP contribution < -0.4 is 20.1 Å². The summed E-state index contributed by atoms with van der Waals surface area (Å²) in [5, 5.41) is 7.51. The van der Waals surface area contributed by atoms with Gasteiger partial charge >= 0.3 is 5.97 Å². The van der Waals surface area contributed by atoms with Crippen LogP contribution in [0.2, 0.25) is 10.0 Å². The van der Waals surface area contributed by atoms with Crippen molar-refractivity contribution in [3.8, 4) is 45.1 Å². The molecule has 3 aromatic carbocycles. The number of carbonyl (C=O) groups is 2. The molecule has 2 N–H and O–H groups in total. The molecular weight excluding hydrogens is 677 g/mol. The Balaban J connectivity index is 1.14. The molecule has 3 aliphatic rings. The highest BCUT2D eigenvalue weighted by atomic mass is 35.5. The van der Waals surface area contributed by atoms with Gasteiger partial charge in [0.05, 0.1) is 54.8 Å². The average Bonchev–Trinajstić information content (AvgIpc) is 3.71. The Kier molecular flexibility index (Phi) is 9.72. The summed E-state index contributed by atoms with van der Waals surface area (Å²) in [5.74, 6) is 1.03. The second-order valence-electron chi connectivity index (χ2n) is 13.0. The number of halogens is 2. The molecule has 1 aromatic heterocycles. The van der Waals surface area contributed by atoms with Gasteiger partial charge < -0.3 is 19.5 Å². The molecule has 4 aromatic rings. The molecule has 7 rings (SSSR count). The van der Waals surface area contributed by atoms with Gasteiger partial charge in [0, 0.05) is 59.9 Å². The molecule has 2 aliphatic heterocycles. The molecule has 50 heavy (non-hydrogen) atoms. The van der Waals surface area contributed by atoms with Gasteiger partial charge in [0.25, 0.3) is 0 Å². The number of carbonyl (C=O) groups excluding carboxylic acids is 2. The third-order valence-electron chi connectivity index (χ3n) is 9.84. The van der Waals surface area contributed by atoms with Crippen LogP contribution in [0, 0.1) is 0 Å². The summed E-state index contributed by atoms with van der Waals surface area (Å²) >= 11 is 14.3. The summed E-state index contributed by atoms with van der Waals surface area (Å²) in [5.41, 5.74) is 7.45. The van der Waals surface area contributed by atoms with E-state index in [1.165, 1.54) is 0 Å². The van der Waals surface area contributed by atoms with Crippen molar-refractivity contribution in [3.05, 3.63) is 81.6 Å². The average molecular weight is 717 g/mol. The van der Waals surface area contributed by atoms with Gasteiger partial charge in [0.15, 0.2) is 0 Å². The SMILES string of the molecule is CCOC(=O)CN[C@H]1CCc2cc(-c3cccc(-c4cccc(-c5cnc(CN6CC7(CCC(=O)N7)C6)c(OC)n5)c4Cl)c3Cl)cc(OC)c21. The van der Waals surface area contributed by atoms with E-state index < -0.39 is 0 Å². The van der Waals surface area contributed by atoms with E-state index >= 15 is 0 Å². The minimum atomic E-state index is -0.275. The summed E-state index contributed by atoms with van der Waals surface area (Å²) < 4.78 is 16.6. The highest BCUT2D eigenvalue weighted by Crippen LogP contribution is 2.46. The second-order valence-corrected chi connectivity index (χ2v) is 13.8. The van der Waals surface area contributed by atoms with Crippen molar-refractivity contribution < 1.29 is 23.8 Å². The number of benzene rings is 3. The van der Waals surface area contributed by atoms with Crippen LogP contribution in [0.15, 0.2) is 54.7 Å². The summed E-state index contributed by atoms with van der Waals surface area (Å²) in [6, 6.07) is 15.8. The highest BCUT2D eigenvalue weighted by Gasteiger charge is 2.47. The zero-order chi connectivity index (χ0) is 35.0. The molecule has 2 fully saturated rings. The molecule has 12 heteroatoms. The Labute approximate surface area is 301 Å². The lowest BCUT2D eigenvalue weighted by molar-refractivity contribution is -0.142. The number of hydrogen-bond donors (Lipinski definition) is 2. The van der Waals surface area contributed by atoms with Crippen LogP contribution in [0.5, 0.6) is 11.6 Å². The first-order chi connectivity index (χ1) is 24.2. The summed E-state index contributed by atoms with van der Waals surface area (Å²) in [4.78, 5) is 35.5. The summed E-state index contributed by atoms with van der Waals surface area (Å²) in [7, 11) is 3.24. The Bertz CT molecular complexity index is 1960. The van der Waals surface area contributed by atoms with Gasteiger partial charge in [-0.1, -0.05) is 65.7 Å². The number of fused-ring (bicyclic) bond motifs is 1. The Hall–Kier alpha value is -4.22. The van der Waals surface area contributed by atoms with E-state index in [0.717, 1.165) is 77.2 Å². The number of hydrogen-bond acceptors (Lipinski definition) is 9. The van der Waals surface area contributed by atoms with E-state index in [1.54, 1.807) is 27.3 Å². The first-order valence-corrected chi connectivity index (χ1v) is 17.6. The number of amides is 1. The zero-order valence-electron chi connectivity index (χ0n) is 28.3. The lowest BCUT2D eigenvalue weighted by atomic mass is 9.88. The maximum Gasteiger partial charge on any atom is 0.319 e. The van der Waals surface area contributed by atoms with Crippen LogP contribution >= 0.6 is 23.2 Å². The monoisotopic (exact) mass is 715 g/mol. The van der Waals surface area contributed by atoms with Gasteiger partial charge in [-0.15, -0.1) is 0 Å². The maximum atomic E-state index is 12.0. The van der Waals surface area contributed by atoms with Crippen molar-refractivity contribution >= 4 is 35.1 Å². The van der Waals surface area contributed by atoms with Crippen LogP contribution in [0.4, 0.5) is 0 Å². The normalized spacial score (nSPS) is 17.7. The first-order valence-electron chi connectivity index (χ1n) is 16.8. The second kappa shape index (κ2) is 14.2. The van der Waals surface area contributed by atoms with E-state index in [2.05, 4.69) is 21.6 Å². The molecule has 1 spiro atoms. The molecule has 0 saturated carbocycles. The minimum Gasteiger partial charge on any atom is -0.496 e. The number of nitrogens with one attached hydrogen (secondary N) is 2. The van der Waals surface area contributed by atoms with Gasteiger partial charge in [-0.05, 0) is 43.4 Å². The minimum absolute atomic E-state index is 0.0125. The zero-order valence-corrected chi connectivity index (χ0v) is 29.8. The lowest BCUT2D eigenvalue weighted by Crippen LogP contribution is -2.66. The fraction of sp³-hybridized carbons (Fsp3) is 0.368. The molecule has 0 bridgehead atoms. The number of ether oxygens (including phenoxy) is 3. The summed E-state index contributed by atoms with van der Waals surface area (Å²) in [6.45, 7) is 4.43. The van der Waals surface area contributed by atoms with Crippen LogP contribution in [0.3, 0.4) is 0 Å². The molecule has 260 valence electrons. The third kappa shape index (κ3) is 6.53. The Morgan fingerprint density at radius 3 is 2.42 bits per heavy atom. The van der Waals surface area contributed by atoms with Crippen molar-refractivity contribution in [3.63, 3.8) is 0 Å². The van der Waals surface area contributed by atoms with Crippen molar-refractivity contribution in [2.45, 2.75) is 50.7 Å². The van der Waals surface area contributed by atoms with Crippen molar-refractivity contribution in [2.75, 3.05) is 40.5 Å². The molecule has 2 saturated heterocycles. The first kappa shape index (κ1) is 34.2. The summed E-state index contributed by atoms with van der Waals surface area (Å²) in [6.07, 6.45) is 4.86. The molecule has 1 amide bonds.